The van der Waals surface area contributed by atoms with Crippen molar-refractivity contribution in [1.82, 2.24) is 19.9 Å². The Morgan fingerprint density at radius 3 is 2.40 bits per heavy atom. The van der Waals surface area contributed by atoms with Crippen molar-refractivity contribution in [2.24, 2.45) is 0 Å². The zero-order valence-electron chi connectivity index (χ0n) is 25.8. The summed E-state index contributed by atoms with van der Waals surface area (Å²) in [7, 11) is 1.26. The number of aryl methyl sites for hydroxylation is 1. The third-order valence-corrected chi connectivity index (χ3v) is 9.31. The van der Waals surface area contributed by atoms with E-state index in [1.54, 1.807) is 6.08 Å². The quantitative estimate of drug-likeness (QED) is 0.202. The van der Waals surface area contributed by atoms with E-state index in [-0.39, 0.29) is 29.6 Å². The van der Waals surface area contributed by atoms with Crippen molar-refractivity contribution in [2.45, 2.75) is 58.8 Å². The number of H-pyrrole nitrogens is 2. The van der Waals surface area contributed by atoms with Gasteiger partial charge in [-0.2, -0.15) is 0 Å². The maximum atomic E-state index is 13.2. The molecule has 0 fully saturated rings. The van der Waals surface area contributed by atoms with Gasteiger partial charge in [-0.3, -0.25) is 9.59 Å². The molecule has 8 bridgehead atoms. The number of rotatable bonds is 7. The third kappa shape index (κ3) is 4.51. The van der Waals surface area contributed by atoms with Gasteiger partial charge in [-0.15, -0.1) is 0 Å². The topological polar surface area (TPSA) is 158 Å². The monoisotopic (exact) mass is 606 g/mol. The number of nitrogens with zero attached hydrogens (tertiary/aromatic N) is 2. The molecule has 3 aliphatic heterocycles. The molecule has 1 aliphatic carbocycles. The Balaban J connectivity index is 1.82. The Morgan fingerprint density at radius 2 is 1.76 bits per heavy atom. The Bertz CT molecular complexity index is 2020. The molecule has 10 nitrogen and oxygen atoms in total. The minimum atomic E-state index is -0.930. The molecule has 5 heterocycles. The standard InChI is InChI=1S/C35H34N4O6/c1-7-18-15(3)22-11-23-16(4)20(9-10-28(41)42)32(38-23)30-31(35(44)45-6)34(43)29-17(5)24(39-33(29)30)12-26-19(8-2)21(14-40)27(37-26)13-25(18)36-22/h7,11-14,16,20,38-39,43H,1,8-10H2,2-6H3,(H,41,42)/t16-,20-/m0/s1. The van der Waals surface area contributed by atoms with E-state index in [2.05, 4.69) is 16.5 Å². The van der Waals surface area contributed by atoms with Gasteiger partial charge in [0.05, 0.1) is 35.4 Å². The Hall–Kier alpha value is -5.25. The van der Waals surface area contributed by atoms with Gasteiger partial charge in [0.2, 0.25) is 0 Å². The van der Waals surface area contributed by atoms with Gasteiger partial charge in [0.1, 0.15) is 11.3 Å². The molecule has 10 heteroatoms. The minimum absolute atomic E-state index is 0.00505. The first-order valence-electron chi connectivity index (χ1n) is 14.9. The van der Waals surface area contributed by atoms with Crippen LogP contribution in [0.1, 0.15) is 103 Å². The molecule has 4 aliphatic rings. The molecule has 2 aromatic heterocycles. The Labute approximate surface area is 259 Å². The number of methoxy groups -OCH3 is 1. The molecule has 0 saturated carbocycles. The van der Waals surface area contributed by atoms with Crippen molar-refractivity contribution in [1.29, 1.82) is 0 Å². The number of hydrogen-bond donors (Lipinski definition) is 4. The van der Waals surface area contributed by atoms with Crippen LogP contribution >= 0.6 is 0 Å². The summed E-state index contributed by atoms with van der Waals surface area (Å²) >= 11 is 0. The van der Waals surface area contributed by atoms with Gasteiger partial charge >= 0.3 is 11.9 Å². The highest BCUT2D eigenvalue weighted by atomic mass is 16.5. The van der Waals surface area contributed by atoms with Crippen LogP contribution in [0.5, 0.6) is 0 Å². The van der Waals surface area contributed by atoms with Crippen LogP contribution in [-0.2, 0) is 19.1 Å². The summed E-state index contributed by atoms with van der Waals surface area (Å²) in [5.41, 5.74) is 9.50. The van der Waals surface area contributed by atoms with Crippen LogP contribution in [0.15, 0.2) is 30.9 Å². The number of aromatic nitrogens is 4. The van der Waals surface area contributed by atoms with E-state index >= 15 is 0 Å². The fraction of sp³-hybridized carbons (Fsp3) is 0.286. The fourth-order valence-electron chi connectivity index (χ4n) is 6.91. The summed E-state index contributed by atoms with van der Waals surface area (Å²) in [6.45, 7) is 11.7. The molecule has 6 rings (SSSR count). The highest BCUT2D eigenvalue weighted by molar-refractivity contribution is 6.30. The van der Waals surface area contributed by atoms with Gasteiger partial charge in [-0.25, -0.2) is 14.8 Å². The van der Waals surface area contributed by atoms with Crippen LogP contribution in [0, 0.1) is 6.92 Å². The van der Waals surface area contributed by atoms with Crippen LogP contribution in [0.3, 0.4) is 0 Å². The summed E-state index contributed by atoms with van der Waals surface area (Å²) in [6.07, 6.45) is 3.31. The van der Waals surface area contributed by atoms with E-state index in [0.29, 0.717) is 74.6 Å². The molecule has 4 N–H and O–H groups in total. The molecular formula is C35H34N4O6. The molecule has 0 spiro atoms. The van der Waals surface area contributed by atoms with Gasteiger partial charge in [0, 0.05) is 57.4 Å². The van der Waals surface area contributed by atoms with Gasteiger partial charge in [0.25, 0.3) is 0 Å². The third-order valence-electron chi connectivity index (χ3n) is 9.31. The van der Waals surface area contributed by atoms with Crippen molar-refractivity contribution in [3.63, 3.8) is 0 Å². The molecule has 0 aromatic carbocycles. The maximum Gasteiger partial charge on any atom is 0.342 e. The zero-order valence-corrected chi connectivity index (χ0v) is 25.8. The second-order valence-corrected chi connectivity index (χ2v) is 11.6. The minimum Gasteiger partial charge on any atom is -0.506 e. The second kappa shape index (κ2) is 11.0. The smallest absolute Gasteiger partial charge is 0.342 e. The second-order valence-electron chi connectivity index (χ2n) is 11.6. The predicted octanol–water partition coefficient (Wildman–Crippen LogP) is 6.65. The molecule has 0 amide bonds. The highest BCUT2D eigenvalue weighted by Gasteiger charge is 2.39. The van der Waals surface area contributed by atoms with Crippen molar-refractivity contribution < 1.29 is 29.3 Å². The summed E-state index contributed by atoms with van der Waals surface area (Å²) in [6, 6.07) is 5.58. The van der Waals surface area contributed by atoms with Crippen molar-refractivity contribution in [2.75, 3.05) is 7.11 Å². The average Bonchev–Trinajstić information content (AvgIpc) is 3.76. The summed E-state index contributed by atoms with van der Waals surface area (Å²) in [5, 5.41) is 21.2. The largest absolute Gasteiger partial charge is 0.506 e. The van der Waals surface area contributed by atoms with Crippen LogP contribution in [0.2, 0.25) is 0 Å². The normalized spacial score (nSPS) is 18.0. The number of carboxylic acid groups (broad SMARTS) is 1. The first-order valence-corrected chi connectivity index (χ1v) is 14.9. The lowest BCUT2D eigenvalue weighted by atomic mass is 9.85. The van der Waals surface area contributed by atoms with Gasteiger partial charge in [-0.05, 0) is 61.6 Å². The number of carbonyl (C=O) groups is 3. The number of esters is 1. The van der Waals surface area contributed by atoms with E-state index in [1.807, 2.05) is 45.9 Å². The van der Waals surface area contributed by atoms with Crippen LogP contribution in [0.25, 0.3) is 44.7 Å². The SMILES string of the molecule is C=CC1=C(C)c2cc3[nH]c(c4c5[nH]c(cc6nc(cc1n2)C(C=O)=C6CC)c(C)c5C(O)=C4C(=O)OC)[C@@H](CCC(=O)O)[C@@H]3C. The first kappa shape index (κ1) is 29.8. The fourth-order valence-corrected chi connectivity index (χ4v) is 6.91. The molecule has 0 saturated heterocycles. The van der Waals surface area contributed by atoms with E-state index < -0.39 is 11.9 Å². The van der Waals surface area contributed by atoms with Gasteiger partial charge < -0.3 is 24.9 Å². The number of aldehydes is 1. The highest BCUT2D eigenvalue weighted by Crippen LogP contribution is 2.49. The van der Waals surface area contributed by atoms with Gasteiger partial charge in [-0.1, -0.05) is 26.5 Å². The number of aliphatic hydroxyl groups excluding tert-OH is 1. The van der Waals surface area contributed by atoms with E-state index in [1.165, 1.54) is 7.11 Å². The lowest BCUT2D eigenvalue weighted by molar-refractivity contribution is -0.137. The van der Waals surface area contributed by atoms with E-state index in [0.717, 1.165) is 28.7 Å². The lowest BCUT2D eigenvalue weighted by Gasteiger charge is -2.17. The molecular weight excluding hydrogens is 572 g/mol. The molecule has 0 radical (unpaired) electrons. The van der Waals surface area contributed by atoms with Crippen LogP contribution in [0.4, 0.5) is 0 Å². The number of aliphatic carboxylic acids is 1. The molecule has 0 unspecified atom stereocenters. The summed E-state index contributed by atoms with van der Waals surface area (Å²) in [4.78, 5) is 54.0. The molecule has 45 heavy (non-hydrogen) atoms. The van der Waals surface area contributed by atoms with Crippen molar-refractivity contribution in [3.05, 3.63) is 81.7 Å². The van der Waals surface area contributed by atoms with Crippen molar-refractivity contribution >= 4 is 62.9 Å². The number of carboxylic acids is 1. The van der Waals surface area contributed by atoms with Gasteiger partial charge in [0.15, 0.2) is 6.29 Å². The number of allylic oxidation sites excluding steroid dienone is 5. The average molecular weight is 607 g/mol. The van der Waals surface area contributed by atoms with Crippen molar-refractivity contribution in [3.8, 4) is 0 Å². The zero-order chi connectivity index (χ0) is 32.3. The summed E-state index contributed by atoms with van der Waals surface area (Å²) in [5.74, 6) is -2.37. The molecule has 2 atom stereocenters. The molecule has 2 aromatic rings. The number of ether oxygens (including phenoxy) is 1. The van der Waals surface area contributed by atoms with E-state index in [4.69, 9.17) is 14.7 Å². The van der Waals surface area contributed by atoms with E-state index in [9.17, 15) is 24.6 Å². The lowest BCUT2D eigenvalue weighted by Crippen LogP contribution is -2.10. The number of nitrogens with one attached hydrogen (secondary N) is 2. The summed E-state index contributed by atoms with van der Waals surface area (Å²) < 4.78 is 5.12. The number of aromatic amines is 2. The Kier molecular flexibility index (Phi) is 7.31. The maximum absolute atomic E-state index is 13.2. The predicted molar refractivity (Wildman–Crippen MR) is 172 cm³/mol. The van der Waals surface area contributed by atoms with Crippen LogP contribution < -0.4 is 0 Å². The molecule has 230 valence electrons. The first-order chi connectivity index (χ1) is 21.5. The van der Waals surface area contributed by atoms with Crippen LogP contribution in [-0.4, -0.2) is 55.5 Å². The number of carbonyl (C=O) groups excluding carboxylic acids is 2. The number of fused-ring (bicyclic) bond motifs is 8. The number of hydrogen-bond acceptors (Lipinski definition) is 7. The Morgan fingerprint density at radius 1 is 1.04 bits per heavy atom. The number of aliphatic hydroxyl groups is 1.